The molecule has 0 radical (unpaired) electrons. The molecular formula is C15H18Cl4OS. The summed E-state index contributed by atoms with van der Waals surface area (Å²) in [6, 6.07) is 7.73. The Morgan fingerprint density at radius 1 is 1.24 bits per heavy atom. The van der Waals surface area contributed by atoms with Crippen molar-refractivity contribution in [2.45, 2.75) is 41.3 Å². The maximum Gasteiger partial charge on any atom is 0.222 e. The molecule has 6 heteroatoms. The molecule has 0 aliphatic heterocycles. The molecule has 0 fully saturated rings. The van der Waals surface area contributed by atoms with Crippen LogP contribution in [-0.4, -0.2) is 16.9 Å². The summed E-state index contributed by atoms with van der Waals surface area (Å²) in [5, 5.41) is -0.792. The summed E-state index contributed by atoms with van der Waals surface area (Å²) in [6.07, 6.45) is 2.51. The molecule has 0 amide bonds. The van der Waals surface area contributed by atoms with Crippen molar-refractivity contribution in [2.24, 2.45) is 5.41 Å². The Morgan fingerprint density at radius 3 is 2.19 bits per heavy atom. The summed E-state index contributed by atoms with van der Waals surface area (Å²) < 4.78 is -1.10. The zero-order chi connectivity index (χ0) is 16.3. The molecule has 0 aromatic heterocycles. The number of rotatable bonds is 7. The van der Waals surface area contributed by atoms with Crippen molar-refractivity contribution in [1.82, 2.24) is 0 Å². The minimum atomic E-state index is -1.10. The van der Waals surface area contributed by atoms with Crippen LogP contribution in [0.5, 0.6) is 0 Å². The van der Waals surface area contributed by atoms with Crippen molar-refractivity contribution in [1.29, 1.82) is 0 Å². The molecule has 0 heterocycles. The van der Waals surface area contributed by atoms with Gasteiger partial charge in [0.25, 0.3) is 0 Å². The van der Waals surface area contributed by atoms with Gasteiger partial charge >= 0.3 is 0 Å². The van der Waals surface area contributed by atoms with Crippen LogP contribution in [0.15, 0.2) is 29.2 Å². The van der Waals surface area contributed by atoms with Gasteiger partial charge in [0.15, 0.2) is 0 Å². The van der Waals surface area contributed by atoms with Gasteiger partial charge in [-0.2, -0.15) is 0 Å². The van der Waals surface area contributed by atoms with Crippen LogP contribution < -0.4 is 0 Å². The molecule has 0 spiro atoms. The van der Waals surface area contributed by atoms with Gasteiger partial charge in [-0.25, -0.2) is 0 Å². The van der Waals surface area contributed by atoms with E-state index in [-0.39, 0.29) is 11.8 Å². The van der Waals surface area contributed by atoms with Crippen LogP contribution in [0.3, 0.4) is 0 Å². The van der Waals surface area contributed by atoms with E-state index in [1.165, 1.54) is 0 Å². The second kappa shape index (κ2) is 7.79. The Morgan fingerprint density at radius 2 is 1.76 bits per heavy atom. The van der Waals surface area contributed by atoms with Gasteiger partial charge < -0.3 is 0 Å². The normalized spacial score (nSPS) is 14.0. The van der Waals surface area contributed by atoms with E-state index in [4.69, 9.17) is 46.4 Å². The molecule has 1 nitrogen and oxygen atoms in total. The highest BCUT2D eigenvalue weighted by Gasteiger charge is 2.37. The highest BCUT2D eigenvalue weighted by molar-refractivity contribution is 7.98. The summed E-state index contributed by atoms with van der Waals surface area (Å²) in [7, 11) is 0. The average Bonchev–Trinajstić information content (AvgIpc) is 2.36. The van der Waals surface area contributed by atoms with E-state index in [0.29, 0.717) is 6.42 Å². The van der Waals surface area contributed by atoms with Crippen molar-refractivity contribution in [3.63, 3.8) is 0 Å². The van der Waals surface area contributed by atoms with Gasteiger partial charge in [-0.05, 0) is 41.0 Å². The lowest BCUT2D eigenvalue weighted by atomic mass is 9.83. The van der Waals surface area contributed by atoms with Crippen LogP contribution in [-0.2, 0) is 9.13 Å². The lowest BCUT2D eigenvalue weighted by molar-refractivity contribution is -0.113. The first kappa shape index (κ1) is 19.4. The van der Waals surface area contributed by atoms with Crippen LogP contribution in [0.25, 0.3) is 0 Å². The molecule has 1 unspecified atom stereocenters. The van der Waals surface area contributed by atoms with Crippen molar-refractivity contribution in [2.75, 3.05) is 6.26 Å². The lowest BCUT2D eigenvalue weighted by Gasteiger charge is -2.33. The summed E-state index contributed by atoms with van der Waals surface area (Å²) in [6.45, 7) is 3.76. The molecule has 0 aliphatic rings. The van der Waals surface area contributed by atoms with E-state index in [1.54, 1.807) is 11.8 Å². The molecule has 21 heavy (non-hydrogen) atoms. The zero-order valence-corrected chi connectivity index (χ0v) is 16.0. The lowest BCUT2D eigenvalue weighted by Crippen LogP contribution is -2.31. The van der Waals surface area contributed by atoms with Crippen molar-refractivity contribution in [3.05, 3.63) is 29.8 Å². The van der Waals surface area contributed by atoms with Crippen molar-refractivity contribution >= 4 is 63.4 Å². The Labute approximate surface area is 150 Å². The van der Waals surface area contributed by atoms with Crippen LogP contribution in [0.4, 0.5) is 0 Å². The first-order chi connectivity index (χ1) is 9.58. The summed E-state index contributed by atoms with van der Waals surface area (Å²) >= 11 is 26.4. The molecule has 1 rings (SSSR count). The van der Waals surface area contributed by atoms with Crippen LogP contribution in [0.2, 0.25) is 0 Å². The van der Waals surface area contributed by atoms with Gasteiger partial charge in [0.05, 0.1) is 0 Å². The van der Waals surface area contributed by atoms with E-state index in [1.807, 2.05) is 44.4 Å². The fourth-order valence-electron chi connectivity index (χ4n) is 1.92. The van der Waals surface area contributed by atoms with Crippen molar-refractivity contribution in [3.8, 4) is 0 Å². The number of hydrogen-bond acceptors (Lipinski definition) is 2. The molecular weight excluding hydrogens is 370 g/mol. The molecule has 0 saturated heterocycles. The average molecular weight is 388 g/mol. The monoisotopic (exact) mass is 386 g/mol. The smallest absolute Gasteiger partial charge is 0.222 e. The highest BCUT2D eigenvalue weighted by Crippen LogP contribution is 2.44. The molecule has 1 aromatic carbocycles. The molecule has 0 saturated carbocycles. The van der Waals surface area contributed by atoms with Gasteiger partial charge in [0, 0.05) is 23.1 Å². The van der Waals surface area contributed by atoms with E-state index >= 15 is 0 Å². The van der Waals surface area contributed by atoms with Crippen molar-refractivity contribution < 1.29 is 4.79 Å². The number of halogens is 4. The topological polar surface area (TPSA) is 17.1 Å². The maximum atomic E-state index is 11.1. The number of hydrogen-bond donors (Lipinski definition) is 0. The predicted octanol–water partition coefficient (Wildman–Crippen LogP) is 6.22. The van der Waals surface area contributed by atoms with Crippen LogP contribution >= 0.6 is 58.2 Å². The number of carbonyl (C=O) groups is 1. The number of alkyl halides is 3. The Hall–Kier alpha value is 0.400. The molecule has 118 valence electrons. The molecule has 0 aliphatic carbocycles. The number of thioether (sulfide) groups is 1. The summed E-state index contributed by atoms with van der Waals surface area (Å²) in [4.78, 5) is 12.2. The van der Waals surface area contributed by atoms with E-state index < -0.39 is 15.0 Å². The quantitative estimate of drug-likeness (QED) is 0.314. The van der Waals surface area contributed by atoms with Gasteiger partial charge in [-0.15, -0.1) is 23.4 Å². The first-order valence-corrected chi connectivity index (χ1v) is 9.23. The third kappa shape index (κ3) is 5.84. The molecule has 0 N–H and O–H groups in total. The fraction of sp³-hybridized carbons (Fsp3) is 0.533. The minimum Gasteiger partial charge on any atom is -0.281 e. The Bertz CT molecular complexity index is 485. The first-order valence-electron chi connectivity index (χ1n) is 6.43. The van der Waals surface area contributed by atoms with E-state index in [9.17, 15) is 4.79 Å². The largest absolute Gasteiger partial charge is 0.281 e. The van der Waals surface area contributed by atoms with E-state index in [0.717, 1.165) is 10.5 Å². The van der Waals surface area contributed by atoms with Crippen LogP contribution in [0, 0.1) is 5.41 Å². The third-order valence-corrected chi connectivity index (χ3v) is 5.76. The van der Waals surface area contributed by atoms with Gasteiger partial charge in [-0.3, -0.25) is 4.79 Å². The molecule has 1 aromatic rings. The zero-order valence-electron chi connectivity index (χ0n) is 12.1. The van der Waals surface area contributed by atoms with Gasteiger partial charge in [-0.1, -0.05) is 49.2 Å². The fourth-order valence-corrected chi connectivity index (χ4v) is 3.70. The highest BCUT2D eigenvalue weighted by atomic mass is 35.5. The second-order valence-corrected chi connectivity index (χ2v) is 8.94. The maximum absolute atomic E-state index is 11.1. The van der Waals surface area contributed by atoms with Gasteiger partial charge in [0.1, 0.15) is 4.33 Å². The molecule has 0 bridgehead atoms. The standard InChI is InChI=1S/C15H18Cl4OS/c1-14(2,9-13(17)20)12(16)8-15(18,19)10-4-6-11(21-3)7-5-10/h4-7,12H,8-9H2,1-3H3. The summed E-state index contributed by atoms with van der Waals surface area (Å²) in [5.74, 6) is 0. The predicted molar refractivity (Wildman–Crippen MR) is 95.1 cm³/mol. The SMILES string of the molecule is CSc1ccc(C(Cl)(Cl)CC(Cl)C(C)(C)CC(=O)Cl)cc1. The molecule has 1 atom stereocenters. The second-order valence-electron chi connectivity index (χ2n) is 5.63. The number of benzene rings is 1. The van der Waals surface area contributed by atoms with Gasteiger partial charge in [0.2, 0.25) is 5.24 Å². The number of carbonyl (C=O) groups excluding carboxylic acids is 1. The van der Waals surface area contributed by atoms with E-state index in [2.05, 4.69) is 0 Å². The minimum absolute atomic E-state index is 0.179. The van der Waals surface area contributed by atoms with Crippen LogP contribution in [0.1, 0.15) is 32.3 Å². The Kier molecular flexibility index (Phi) is 7.21. The summed E-state index contributed by atoms with van der Waals surface area (Å²) in [5.41, 5.74) is 0.316. The Balaban J connectivity index is 2.85. The third-order valence-electron chi connectivity index (χ3n) is 3.39.